The van der Waals surface area contributed by atoms with Gasteiger partial charge >= 0.3 is 0 Å². The van der Waals surface area contributed by atoms with Gasteiger partial charge in [0, 0.05) is 17.5 Å². The number of hydrogen-bond donors (Lipinski definition) is 6. The third-order valence-electron chi connectivity index (χ3n) is 9.56. The first kappa shape index (κ1) is 21.6. The van der Waals surface area contributed by atoms with Crippen LogP contribution in [0.3, 0.4) is 0 Å². The normalized spacial score (nSPS) is 47.8. The molecule has 0 radical (unpaired) electrons. The lowest BCUT2D eigenvalue weighted by Crippen LogP contribution is -2.62. The number of nitrogens with zero attached hydrogens (tertiary/aromatic N) is 2. The summed E-state index contributed by atoms with van der Waals surface area (Å²) >= 11 is 0. The van der Waals surface area contributed by atoms with Crippen LogP contribution in [0.4, 0.5) is 0 Å². The van der Waals surface area contributed by atoms with E-state index in [0.717, 1.165) is 57.8 Å². The fourth-order valence-electron chi connectivity index (χ4n) is 7.83. The number of fused-ring (bicyclic) bond motifs is 5. The largest absolute Gasteiger partial charge is 0.393 e. The van der Waals surface area contributed by atoms with Gasteiger partial charge in [0.1, 0.15) is 0 Å². The molecule has 4 fully saturated rings. The van der Waals surface area contributed by atoms with Crippen molar-refractivity contribution in [1.29, 1.82) is 5.41 Å². The number of hydrogen-bond acceptors (Lipinski definition) is 4. The molecule has 0 saturated heterocycles. The van der Waals surface area contributed by atoms with E-state index < -0.39 is 5.60 Å². The molecule has 4 aliphatic carbocycles. The minimum Gasteiger partial charge on any atom is -0.393 e. The molecule has 0 aromatic carbocycles. The standard InChI is InChI=1S/C22H38N6O2/c1-20-8-6-15(29)11-13(20)3-4-17-16(20)7-9-21(2)14(5-10-22(17,21)30)12-26-28-19(25)27-18(23)24/h12-17,29-30H,3-11H2,1-2H3,(H6,23,24,25,27,28)/b26-12+/t13-,14-,15+,16+,17-,20+,21-,22+/m1/s1. The molecule has 168 valence electrons. The highest BCUT2D eigenvalue weighted by Crippen LogP contribution is 2.68. The molecule has 4 rings (SSSR count). The lowest BCUT2D eigenvalue weighted by atomic mass is 9.43. The van der Waals surface area contributed by atoms with Crippen molar-refractivity contribution < 1.29 is 10.2 Å². The molecule has 0 aromatic heterocycles. The summed E-state index contributed by atoms with van der Waals surface area (Å²) in [6, 6.07) is 0. The van der Waals surface area contributed by atoms with Gasteiger partial charge in [-0.05, 0) is 81.0 Å². The Morgan fingerprint density at radius 2 is 1.83 bits per heavy atom. The van der Waals surface area contributed by atoms with E-state index in [9.17, 15) is 10.2 Å². The van der Waals surface area contributed by atoms with Gasteiger partial charge in [0.2, 0.25) is 5.96 Å². The maximum absolute atomic E-state index is 12.1. The van der Waals surface area contributed by atoms with Crippen LogP contribution in [0, 0.1) is 39.9 Å². The minimum atomic E-state index is -0.677. The topological polar surface area (TPSA) is 153 Å². The fourth-order valence-corrected chi connectivity index (χ4v) is 7.83. The molecule has 0 aliphatic heterocycles. The Balaban J connectivity index is 1.52. The molecule has 30 heavy (non-hydrogen) atoms. The number of aliphatic imine (C=N–C) groups is 1. The third-order valence-corrected chi connectivity index (χ3v) is 9.56. The van der Waals surface area contributed by atoms with Crippen LogP contribution >= 0.6 is 0 Å². The Hall–Kier alpha value is -1.67. The van der Waals surface area contributed by atoms with E-state index in [1.54, 1.807) is 0 Å². The number of nitrogens with one attached hydrogen (secondary N) is 2. The second kappa shape index (κ2) is 7.48. The van der Waals surface area contributed by atoms with Crippen LogP contribution in [-0.2, 0) is 0 Å². The Bertz CT molecular complexity index is 752. The Morgan fingerprint density at radius 3 is 2.57 bits per heavy atom. The molecule has 0 heterocycles. The van der Waals surface area contributed by atoms with Crippen molar-refractivity contribution in [2.75, 3.05) is 0 Å². The third kappa shape index (κ3) is 3.23. The maximum Gasteiger partial charge on any atom is 0.239 e. The van der Waals surface area contributed by atoms with Gasteiger partial charge in [-0.15, -0.1) is 0 Å². The van der Waals surface area contributed by atoms with E-state index in [-0.39, 0.29) is 34.8 Å². The van der Waals surface area contributed by atoms with Gasteiger partial charge in [-0.2, -0.15) is 10.1 Å². The molecule has 0 amide bonds. The first-order chi connectivity index (χ1) is 14.1. The first-order valence-corrected chi connectivity index (χ1v) is 11.5. The van der Waals surface area contributed by atoms with Gasteiger partial charge in [-0.3, -0.25) is 5.41 Å². The summed E-state index contributed by atoms with van der Waals surface area (Å²) in [5.74, 6) is 1.22. The predicted octanol–water partition coefficient (Wildman–Crippen LogP) is 1.90. The summed E-state index contributed by atoms with van der Waals surface area (Å²) in [6.45, 7) is 4.66. The molecule has 0 unspecified atom stereocenters. The Morgan fingerprint density at radius 1 is 1.07 bits per heavy atom. The van der Waals surface area contributed by atoms with Gasteiger partial charge in [0.05, 0.1) is 11.7 Å². The molecule has 0 bridgehead atoms. The number of rotatable bonds is 2. The van der Waals surface area contributed by atoms with Gasteiger partial charge in [-0.25, -0.2) is 5.43 Å². The van der Waals surface area contributed by atoms with Gasteiger partial charge in [-0.1, -0.05) is 13.8 Å². The van der Waals surface area contributed by atoms with Crippen LogP contribution < -0.4 is 16.9 Å². The number of aliphatic hydroxyl groups is 2. The Kier molecular flexibility index (Phi) is 5.37. The van der Waals surface area contributed by atoms with E-state index in [0.29, 0.717) is 17.8 Å². The van der Waals surface area contributed by atoms with Crippen molar-refractivity contribution in [2.24, 2.45) is 56.1 Å². The molecule has 8 nitrogen and oxygen atoms in total. The van der Waals surface area contributed by atoms with Crippen LogP contribution in [0.25, 0.3) is 0 Å². The lowest BCUT2D eigenvalue weighted by Gasteiger charge is -2.63. The number of hydrazone groups is 1. The zero-order valence-electron chi connectivity index (χ0n) is 18.3. The smallest absolute Gasteiger partial charge is 0.239 e. The summed E-state index contributed by atoms with van der Waals surface area (Å²) in [5.41, 5.74) is 12.5. The fraction of sp³-hybridized carbons (Fsp3) is 0.864. The van der Waals surface area contributed by atoms with Crippen molar-refractivity contribution >= 4 is 18.1 Å². The summed E-state index contributed by atoms with van der Waals surface area (Å²) < 4.78 is 0. The van der Waals surface area contributed by atoms with E-state index in [4.69, 9.17) is 16.9 Å². The monoisotopic (exact) mass is 418 g/mol. The van der Waals surface area contributed by atoms with Gasteiger partial charge in [0.25, 0.3) is 0 Å². The molecular formula is C22H38N6O2. The van der Waals surface area contributed by atoms with Gasteiger partial charge < -0.3 is 21.7 Å². The van der Waals surface area contributed by atoms with Crippen LogP contribution in [0.2, 0.25) is 0 Å². The second-order valence-electron chi connectivity index (χ2n) is 10.7. The van der Waals surface area contributed by atoms with Crippen molar-refractivity contribution in [1.82, 2.24) is 5.43 Å². The highest BCUT2D eigenvalue weighted by Gasteiger charge is 2.66. The van der Waals surface area contributed by atoms with E-state index >= 15 is 0 Å². The lowest BCUT2D eigenvalue weighted by molar-refractivity contribution is -0.206. The van der Waals surface area contributed by atoms with E-state index in [1.165, 1.54) is 0 Å². The van der Waals surface area contributed by atoms with Crippen molar-refractivity contribution in [3.8, 4) is 0 Å². The molecule has 8 heteroatoms. The highest BCUT2D eigenvalue weighted by atomic mass is 16.3. The molecule has 8 atom stereocenters. The van der Waals surface area contributed by atoms with Crippen LogP contribution in [0.15, 0.2) is 10.1 Å². The molecule has 4 aliphatic rings. The summed E-state index contributed by atoms with van der Waals surface area (Å²) in [4.78, 5) is 3.62. The molecule has 4 saturated carbocycles. The molecular weight excluding hydrogens is 380 g/mol. The zero-order chi connectivity index (χ0) is 21.7. The molecule has 0 aromatic rings. The van der Waals surface area contributed by atoms with Crippen molar-refractivity contribution in [2.45, 2.75) is 83.3 Å². The minimum absolute atomic E-state index is 0.145. The van der Waals surface area contributed by atoms with Crippen LogP contribution in [0.5, 0.6) is 0 Å². The quantitative estimate of drug-likeness (QED) is 0.230. The summed E-state index contributed by atoms with van der Waals surface area (Å²) in [6.07, 6.45) is 10.6. The second-order valence-corrected chi connectivity index (χ2v) is 10.7. The van der Waals surface area contributed by atoms with Gasteiger partial charge in [0.15, 0.2) is 5.96 Å². The summed E-state index contributed by atoms with van der Waals surface area (Å²) in [7, 11) is 0. The van der Waals surface area contributed by atoms with Crippen LogP contribution in [0.1, 0.15) is 71.6 Å². The van der Waals surface area contributed by atoms with E-state index in [2.05, 4.69) is 29.4 Å². The Labute approximate surface area is 179 Å². The average Bonchev–Trinajstić information content (AvgIpc) is 2.93. The van der Waals surface area contributed by atoms with Crippen molar-refractivity contribution in [3.05, 3.63) is 0 Å². The molecule has 8 N–H and O–H groups in total. The number of aliphatic hydroxyl groups excluding tert-OH is 1. The summed E-state index contributed by atoms with van der Waals surface area (Å²) in [5, 5.41) is 34.2. The first-order valence-electron chi connectivity index (χ1n) is 11.5. The number of guanidine groups is 2. The SMILES string of the molecule is C[C@]12CC[C@H](O)C[C@H]1CC[C@@H]1[C@@H]2CC[C@]2(C)[C@@H](/C=N/NC(=N)N=C(N)N)CC[C@]12O. The predicted molar refractivity (Wildman–Crippen MR) is 118 cm³/mol. The van der Waals surface area contributed by atoms with Crippen molar-refractivity contribution in [3.63, 3.8) is 0 Å². The maximum atomic E-state index is 12.1. The number of nitrogens with two attached hydrogens (primary N) is 2. The average molecular weight is 419 g/mol. The highest BCUT2D eigenvalue weighted by molar-refractivity contribution is 5.91. The zero-order valence-corrected chi connectivity index (χ0v) is 18.3. The van der Waals surface area contributed by atoms with Crippen LogP contribution in [-0.4, -0.2) is 40.1 Å². The molecule has 0 spiro atoms. The van der Waals surface area contributed by atoms with E-state index in [1.807, 2.05) is 6.21 Å².